The maximum absolute atomic E-state index is 12.7. The molecule has 0 radical (unpaired) electrons. The average molecular weight is 340 g/mol. The third-order valence-electron chi connectivity index (χ3n) is 4.07. The highest BCUT2D eigenvalue weighted by Gasteiger charge is 2.41. The van der Waals surface area contributed by atoms with Crippen molar-refractivity contribution in [1.29, 1.82) is 0 Å². The maximum Gasteiger partial charge on any atom is 0.333 e. The van der Waals surface area contributed by atoms with Gasteiger partial charge in [0.25, 0.3) is 11.6 Å². The fraction of sp³-hybridized carbons (Fsp3) is 0.222. The second-order valence-corrected chi connectivity index (χ2v) is 5.60. The molecule has 1 aliphatic heterocycles. The summed E-state index contributed by atoms with van der Waals surface area (Å²) < 4.78 is 5.13. The summed E-state index contributed by atoms with van der Waals surface area (Å²) >= 11 is 0. The number of carbonyl (C=O) groups is 2. The minimum atomic E-state index is -0.807. The first-order chi connectivity index (χ1) is 12.0. The molecule has 2 aromatic carbocycles. The van der Waals surface area contributed by atoms with Crippen LogP contribution in [0.1, 0.15) is 34.5 Å². The van der Waals surface area contributed by atoms with E-state index in [4.69, 9.17) is 4.74 Å². The zero-order valence-electron chi connectivity index (χ0n) is 13.5. The Hall–Kier alpha value is -3.22. The zero-order chi connectivity index (χ0) is 18.0. The lowest BCUT2D eigenvalue weighted by atomic mass is 10.0. The molecule has 0 saturated carbocycles. The van der Waals surface area contributed by atoms with Gasteiger partial charge >= 0.3 is 5.97 Å². The van der Waals surface area contributed by atoms with E-state index in [1.807, 2.05) is 0 Å². The second-order valence-electron chi connectivity index (χ2n) is 5.60. The Bertz CT molecular complexity index is 832. The van der Waals surface area contributed by atoms with Gasteiger partial charge in [-0.25, -0.2) is 4.79 Å². The number of nitro groups is 1. The van der Waals surface area contributed by atoms with Gasteiger partial charge in [0, 0.05) is 24.2 Å². The number of amides is 1. The lowest BCUT2D eigenvalue weighted by molar-refractivity contribution is -0.384. The van der Waals surface area contributed by atoms with Crippen molar-refractivity contribution >= 4 is 17.6 Å². The van der Waals surface area contributed by atoms with Crippen molar-refractivity contribution in [3.05, 3.63) is 75.3 Å². The molecule has 7 heteroatoms. The lowest BCUT2D eigenvalue weighted by Crippen LogP contribution is -2.33. The van der Waals surface area contributed by atoms with Gasteiger partial charge in [0.15, 0.2) is 6.04 Å². The fourth-order valence-corrected chi connectivity index (χ4v) is 2.93. The SMILES string of the molecule is CCOC(=O)C1c2ccccc2C(=O)N1Cc1ccc([N+](=O)[O-])cc1. The predicted molar refractivity (Wildman–Crippen MR) is 88.8 cm³/mol. The molecule has 0 fully saturated rings. The highest BCUT2D eigenvalue weighted by molar-refractivity contribution is 6.03. The van der Waals surface area contributed by atoms with Crippen molar-refractivity contribution in [2.45, 2.75) is 19.5 Å². The molecule has 2 aromatic rings. The molecule has 1 unspecified atom stereocenters. The van der Waals surface area contributed by atoms with Gasteiger partial charge in [-0.15, -0.1) is 0 Å². The van der Waals surface area contributed by atoms with Crippen LogP contribution in [-0.2, 0) is 16.1 Å². The Morgan fingerprint density at radius 3 is 2.52 bits per heavy atom. The van der Waals surface area contributed by atoms with Crippen LogP contribution in [0.25, 0.3) is 0 Å². The summed E-state index contributed by atoms with van der Waals surface area (Å²) in [6.07, 6.45) is 0. The molecule has 1 amide bonds. The predicted octanol–water partition coefficient (Wildman–Crippen LogP) is 2.86. The first-order valence-electron chi connectivity index (χ1n) is 7.82. The molecule has 1 heterocycles. The van der Waals surface area contributed by atoms with Gasteiger partial charge in [-0.1, -0.05) is 30.3 Å². The summed E-state index contributed by atoms with van der Waals surface area (Å²) in [5, 5.41) is 10.8. The molecule has 3 rings (SSSR count). The molecule has 0 spiro atoms. The number of carbonyl (C=O) groups excluding carboxylic acids is 2. The number of hydrogen-bond donors (Lipinski definition) is 0. The molecule has 25 heavy (non-hydrogen) atoms. The molecule has 7 nitrogen and oxygen atoms in total. The Labute approximate surface area is 144 Å². The molecule has 0 bridgehead atoms. The minimum absolute atomic E-state index is 0.0262. The van der Waals surface area contributed by atoms with Gasteiger partial charge in [-0.2, -0.15) is 0 Å². The molecule has 128 valence electrons. The Balaban J connectivity index is 1.92. The first kappa shape index (κ1) is 16.6. The van der Waals surface area contributed by atoms with Crippen LogP contribution in [0.15, 0.2) is 48.5 Å². The highest BCUT2D eigenvalue weighted by Crippen LogP contribution is 2.35. The standard InChI is InChI=1S/C18H16N2O5/c1-2-25-18(22)16-14-5-3-4-6-15(14)17(21)19(16)11-12-7-9-13(10-8-12)20(23)24/h3-10,16H,2,11H2,1H3. The smallest absolute Gasteiger partial charge is 0.333 e. The molecule has 1 atom stereocenters. The summed E-state index contributed by atoms with van der Waals surface area (Å²) in [5.41, 5.74) is 1.76. The number of non-ortho nitro benzene ring substituents is 1. The molecule has 0 saturated heterocycles. The Kier molecular flexibility index (Phi) is 4.47. The third kappa shape index (κ3) is 3.08. The molecule has 0 aliphatic carbocycles. The van der Waals surface area contributed by atoms with Crippen LogP contribution in [0.4, 0.5) is 5.69 Å². The average Bonchev–Trinajstić information content (AvgIpc) is 2.88. The van der Waals surface area contributed by atoms with E-state index in [1.54, 1.807) is 43.3 Å². The van der Waals surface area contributed by atoms with Gasteiger partial charge in [0.2, 0.25) is 0 Å². The molecule has 0 N–H and O–H groups in total. The van der Waals surface area contributed by atoms with Crippen molar-refractivity contribution in [1.82, 2.24) is 4.90 Å². The third-order valence-corrected chi connectivity index (χ3v) is 4.07. The maximum atomic E-state index is 12.7. The molecule has 0 aromatic heterocycles. The molecular weight excluding hydrogens is 324 g/mol. The van der Waals surface area contributed by atoms with Gasteiger partial charge in [-0.3, -0.25) is 14.9 Å². The number of nitrogens with zero attached hydrogens (tertiary/aromatic N) is 2. The summed E-state index contributed by atoms with van der Waals surface area (Å²) in [4.78, 5) is 36.8. The number of nitro benzene ring substituents is 1. The number of fused-ring (bicyclic) bond motifs is 1. The topological polar surface area (TPSA) is 89.8 Å². The number of benzene rings is 2. The molecular formula is C18H16N2O5. The van der Waals surface area contributed by atoms with E-state index < -0.39 is 16.9 Å². The van der Waals surface area contributed by atoms with E-state index in [9.17, 15) is 19.7 Å². The minimum Gasteiger partial charge on any atom is -0.464 e. The van der Waals surface area contributed by atoms with Crippen molar-refractivity contribution in [3.63, 3.8) is 0 Å². The van der Waals surface area contributed by atoms with Crippen LogP contribution < -0.4 is 0 Å². The van der Waals surface area contributed by atoms with Crippen LogP contribution in [-0.4, -0.2) is 28.3 Å². The quantitative estimate of drug-likeness (QED) is 0.474. The van der Waals surface area contributed by atoms with E-state index in [-0.39, 0.29) is 24.7 Å². The van der Waals surface area contributed by atoms with Crippen LogP contribution in [0.5, 0.6) is 0 Å². The van der Waals surface area contributed by atoms with E-state index in [2.05, 4.69) is 0 Å². The van der Waals surface area contributed by atoms with Gasteiger partial charge in [0.05, 0.1) is 11.5 Å². The Morgan fingerprint density at radius 2 is 1.88 bits per heavy atom. The lowest BCUT2D eigenvalue weighted by Gasteiger charge is -2.23. The van der Waals surface area contributed by atoms with Crippen LogP contribution >= 0.6 is 0 Å². The van der Waals surface area contributed by atoms with Crippen molar-refractivity contribution in [3.8, 4) is 0 Å². The molecule has 1 aliphatic rings. The number of hydrogen-bond acceptors (Lipinski definition) is 5. The fourth-order valence-electron chi connectivity index (χ4n) is 2.93. The second kappa shape index (κ2) is 6.72. The van der Waals surface area contributed by atoms with Crippen LogP contribution in [0, 0.1) is 10.1 Å². The monoisotopic (exact) mass is 340 g/mol. The highest BCUT2D eigenvalue weighted by atomic mass is 16.6. The summed E-state index contributed by atoms with van der Waals surface area (Å²) in [6.45, 7) is 2.09. The normalized spacial score (nSPS) is 15.8. The Morgan fingerprint density at radius 1 is 1.20 bits per heavy atom. The summed E-state index contributed by atoms with van der Waals surface area (Å²) in [6, 6.07) is 12.0. The van der Waals surface area contributed by atoms with Crippen molar-refractivity contribution in [2.75, 3.05) is 6.61 Å². The van der Waals surface area contributed by atoms with E-state index in [0.29, 0.717) is 16.7 Å². The number of rotatable bonds is 5. The van der Waals surface area contributed by atoms with E-state index in [1.165, 1.54) is 17.0 Å². The summed E-state index contributed by atoms with van der Waals surface area (Å²) in [7, 11) is 0. The van der Waals surface area contributed by atoms with Gasteiger partial charge in [-0.05, 0) is 24.1 Å². The number of ether oxygens (including phenoxy) is 1. The number of esters is 1. The summed E-state index contributed by atoms with van der Waals surface area (Å²) in [5.74, 6) is -0.741. The van der Waals surface area contributed by atoms with Crippen molar-refractivity contribution in [2.24, 2.45) is 0 Å². The zero-order valence-corrected chi connectivity index (χ0v) is 13.5. The largest absolute Gasteiger partial charge is 0.464 e. The van der Waals surface area contributed by atoms with Crippen LogP contribution in [0.2, 0.25) is 0 Å². The van der Waals surface area contributed by atoms with Gasteiger partial charge < -0.3 is 9.64 Å². The van der Waals surface area contributed by atoms with Gasteiger partial charge in [0.1, 0.15) is 0 Å². The van der Waals surface area contributed by atoms with E-state index >= 15 is 0 Å². The first-order valence-corrected chi connectivity index (χ1v) is 7.82. The van der Waals surface area contributed by atoms with Crippen molar-refractivity contribution < 1.29 is 19.2 Å². The van der Waals surface area contributed by atoms with Crippen LogP contribution in [0.3, 0.4) is 0 Å². The van der Waals surface area contributed by atoms with E-state index in [0.717, 1.165) is 0 Å².